The Morgan fingerprint density at radius 3 is 2.57 bits per heavy atom. The van der Waals surface area contributed by atoms with Gasteiger partial charge in [-0.1, -0.05) is 12.1 Å². The Morgan fingerprint density at radius 1 is 1.09 bits per heavy atom. The van der Waals surface area contributed by atoms with Gasteiger partial charge in [0.15, 0.2) is 11.6 Å². The summed E-state index contributed by atoms with van der Waals surface area (Å²) >= 11 is 0. The summed E-state index contributed by atoms with van der Waals surface area (Å²) in [5.41, 5.74) is 2.50. The van der Waals surface area contributed by atoms with Crippen LogP contribution in [0.2, 0.25) is 0 Å². The first-order valence-electron chi connectivity index (χ1n) is 11.9. The molecule has 9 heteroatoms. The summed E-state index contributed by atoms with van der Waals surface area (Å²) in [7, 11) is 0. The average molecular weight is 490 g/mol. The van der Waals surface area contributed by atoms with Gasteiger partial charge in [-0.15, -0.1) is 0 Å². The van der Waals surface area contributed by atoms with Gasteiger partial charge in [-0.2, -0.15) is 0 Å². The quantitative estimate of drug-likeness (QED) is 0.615. The normalized spacial score (nSPS) is 19.7. The molecule has 0 saturated carbocycles. The minimum Gasteiger partial charge on any atom is -0.369 e. The minimum absolute atomic E-state index is 0.0205. The number of benzene rings is 2. The molecule has 0 spiro atoms. The second-order valence-corrected chi connectivity index (χ2v) is 9.17. The molecule has 2 heterocycles. The third-order valence-electron chi connectivity index (χ3n) is 6.82. The summed E-state index contributed by atoms with van der Waals surface area (Å²) in [6.07, 6.45) is 2.70. The number of hydrogen-bond acceptors (Lipinski definition) is 4. The van der Waals surface area contributed by atoms with Gasteiger partial charge >= 0.3 is 6.03 Å². The topological polar surface area (TPSA) is 61.9 Å². The van der Waals surface area contributed by atoms with Crippen molar-refractivity contribution in [1.29, 1.82) is 0 Å². The number of halogens is 3. The fraction of sp³-hybridized carbons (Fsp3) is 0.462. The fourth-order valence-corrected chi connectivity index (χ4v) is 4.94. The molecule has 2 aliphatic rings. The molecular weight excluding hydrogens is 459 g/mol. The summed E-state index contributed by atoms with van der Waals surface area (Å²) in [5.74, 6) is -2.35. The number of hydrogen-bond donors (Lipinski definition) is 1. The summed E-state index contributed by atoms with van der Waals surface area (Å²) in [6.45, 7) is 4.77. The Hall–Kier alpha value is -2.91. The molecule has 2 aliphatic heterocycles. The lowest BCUT2D eigenvalue weighted by Crippen LogP contribution is -2.51. The molecule has 2 fully saturated rings. The van der Waals surface area contributed by atoms with E-state index in [1.807, 2.05) is 13.0 Å². The minimum atomic E-state index is -1.04. The van der Waals surface area contributed by atoms with Gasteiger partial charge in [0.1, 0.15) is 12.4 Å². The molecule has 0 aromatic heterocycles. The summed E-state index contributed by atoms with van der Waals surface area (Å²) in [5, 5.41) is 2.78. The van der Waals surface area contributed by atoms with E-state index >= 15 is 0 Å². The number of ether oxygens (including phenoxy) is 1. The van der Waals surface area contributed by atoms with Crippen molar-refractivity contribution in [3.8, 4) is 0 Å². The first kappa shape index (κ1) is 25.2. The number of amides is 3. The molecule has 2 aromatic carbocycles. The van der Waals surface area contributed by atoms with Crippen molar-refractivity contribution < 1.29 is 27.5 Å². The lowest BCUT2D eigenvalue weighted by molar-refractivity contribution is -0.143. The van der Waals surface area contributed by atoms with Crippen LogP contribution < -0.4 is 5.32 Å². The molecular formula is C26H30F3N3O3. The van der Waals surface area contributed by atoms with Crippen LogP contribution in [0.25, 0.3) is 0 Å². The highest BCUT2D eigenvalue weighted by Gasteiger charge is 2.35. The number of urea groups is 1. The standard InChI is InChI=1S/C26H30F3N3O3/c1-17-13-20(27)4-5-21(17)18-7-11-31(12-8-18)10-2-9-30-26(34)32-24(15-35-16-25(32)33)19-3-6-22(28)23(29)14-19/h3-6,13-14,18,24H,2,7-12,15-16H2,1H3,(H,30,34). The molecule has 1 N–H and O–H groups in total. The number of carbonyl (C=O) groups excluding carboxylic acids is 2. The number of rotatable bonds is 6. The Kier molecular flexibility index (Phi) is 8.07. The monoisotopic (exact) mass is 489 g/mol. The second-order valence-electron chi connectivity index (χ2n) is 9.17. The number of likely N-dealkylation sites (tertiary alicyclic amines) is 1. The third kappa shape index (κ3) is 6.02. The van der Waals surface area contributed by atoms with Crippen molar-refractivity contribution in [2.45, 2.75) is 38.1 Å². The van der Waals surface area contributed by atoms with Gasteiger partial charge in [0.25, 0.3) is 5.91 Å². The van der Waals surface area contributed by atoms with Gasteiger partial charge in [-0.05, 0) is 92.7 Å². The third-order valence-corrected chi connectivity index (χ3v) is 6.82. The largest absolute Gasteiger partial charge is 0.369 e. The van der Waals surface area contributed by atoms with Crippen LogP contribution in [0.1, 0.15) is 47.9 Å². The Labute approximate surface area is 203 Å². The zero-order valence-electron chi connectivity index (χ0n) is 19.7. The molecule has 35 heavy (non-hydrogen) atoms. The van der Waals surface area contributed by atoms with E-state index < -0.39 is 29.6 Å². The van der Waals surface area contributed by atoms with Gasteiger partial charge < -0.3 is 15.0 Å². The molecule has 188 valence electrons. The maximum absolute atomic E-state index is 13.7. The Morgan fingerprint density at radius 2 is 1.86 bits per heavy atom. The van der Waals surface area contributed by atoms with Crippen LogP contribution in [0.4, 0.5) is 18.0 Å². The van der Waals surface area contributed by atoms with E-state index in [4.69, 9.17) is 4.74 Å². The van der Waals surface area contributed by atoms with E-state index in [-0.39, 0.29) is 19.0 Å². The average Bonchev–Trinajstić information content (AvgIpc) is 2.84. The predicted molar refractivity (Wildman–Crippen MR) is 124 cm³/mol. The van der Waals surface area contributed by atoms with E-state index in [9.17, 15) is 22.8 Å². The number of nitrogens with zero attached hydrogens (tertiary/aromatic N) is 2. The van der Waals surface area contributed by atoms with Crippen LogP contribution in [-0.4, -0.2) is 61.1 Å². The molecule has 0 bridgehead atoms. The van der Waals surface area contributed by atoms with Gasteiger partial charge in [0.05, 0.1) is 12.6 Å². The van der Waals surface area contributed by atoms with Crippen LogP contribution in [0.5, 0.6) is 0 Å². The first-order valence-corrected chi connectivity index (χ1v) is 11.9. The highest BCUT2D eigenvalue weighted by atomic mass is 19.2. The number of morpholine rings is 1. The van der Waals surface area contributed by atoms with E-state index in [2.05, 4.69) is 10.2 Å². The lowest BCUT2D eigenvalue weighted by Gasteiger charge is -2.34. The molecule has 4 rings (SSSR count). The van der Waals surface area contributed by atoms with Crippen LogP contribution in [0, 0.1) is 24.4 Å². The van der Waals surface area contributed by atoms with Crippen molar-refractivity contribution in [3.63, 3.8) is 0 Å². The SMILES string of the molecule is Cc1cc(F)ccc1C1CCN(CCCNC(=O)N2C(=O)COCC2c2ccc(F)c(F)c2)CC1. The number of nitrogens with one attached hydrogen (secondary N) is 1. The zero-order chi connectivity index (χ0) is 24.9. The van der Waals surface area contributed by atoms with Crippen LogP contribution in [-0.2, 0) is 9.53 Å². The number of piperidine rings is 1. The van der Waals surface area contributed by atoms with Gasteiger partial charge in [-0.25, -0.2) is 18.0 Å². The van der Waals surface area contributed by atoms with Crippen LogP contribution in [0.3, 0.4) is 0 Å². The van der Waals surface area contributed by atoms with Crippen molar-refractivity contribution in [2.75, 3.05) is 39.4 Å². The number of imide groups is 1. The van der Waals surface area contributed by atoms with Gasteiger partial charge in [-0.3, -0.25) is 9.69 Å². The Bertz CT molecular complexity index is 1070. The maximum Gasteiger partial charge on any atom is 0.324 e. The molecule has 3 amide bonds. The number of carbonyl (C=O) groups is 2. The smallest absolute Gasteiger partial charge is 0.324 e. The summed E-state index contributed by atoms with van der Waals surface area (Å²) < 4.78 is 45.7. The highest BCUT2D eigenvalue weighted by molar-refractivity contribution is 5.96. The van der Waals surface area contributed by atoms with E-state index in [0.717, 1.165) is 55.1 Å². The maximum atomic E-state index is 13.7. The van der Waals surface area contributed by atoms with E-state index in [0.29, 0.717) is 24.4 Å². The Balaban J connectivity index is 1.24. The molecule has 1 unspecified atom stereocenters. The zero-order valence-corrected chi connectivity index (χ0v) is 19.7. The van der Waals surface area contributed by atoms with Gasteiger partial charge in [0, 0.05) is 6.54 Å². The van der Waals surface area contributed by atoms with E-state index in [1.54, 1.807) is 6.07 Å². The fourth-order valence-electron chi connectivity index (χ4n) is 4.94. The summed E-state index contributed by atoms with van der Waals surface area (Å²) in [4.78, 5) is 28.5. The van der Waals surface area contributed by atoms with Crippen LogP contribution >= 0.6 is 0 Å². The predicted octanol–water partition coefficient (Wildman–Crippen LogP) is 4.29. The van der Waals surface area contributed by atoms with Crippen LogP contribution in [0.15, 0.2) is 36.4 Å². The summed E-state index contributed by atoms with van der Waals surface area (Å²) in [6, 6.07) is 6.91. The van der Waals surface area contributed by atoms with Crippen molar-refractivity contribution in [3.05, 3.63) is 70.5 Å². The second kappa shape index (κ2) is 11.2. The number of aryl methyl sites for hydroxylation is 1. The molecule has 1 atom stereocenters. The molecule has 2 aromatic rings. The van der Waals surface area contributed by atoms with Crippen molar-refractivity contribution >= 4 is 11.9 Å². The lowest BCUT2D eigenvalue weighted by atomic mass is 9.87. The van der Waals surface area contributed by atoms with E-state index in [1.165, 1.54) is 17.7 Å². The first-order chi connectivity index (χ1) is 16.8. The molecule has 2 saturated heterocycles. The molecule has 0 radical (unpaired) electrons. The van der Waals surface area contributed by atoms with Gasteiger partial charge in [0.2, 0.25) is 0 Å². The van der Waals surface area contributed by atoms with Crippen molar-refractivity contribution in [2.24, 2.45) is 0 Å². The molecule has 0 aliphatic carbocycles. The highest BCUT2D eigenvalue weighted by Crippen LogP contribution is 2.30. The van der Waals surface area contributed by atoms with Crippen molar-refractivity contribution in [1.82, 2.24) is 15.1 Å². The molecule has 6 nitrogen and oxygen atoms in total.